The van der Waals surface area contributed by atoms with E-state index < -0.39 is 11.7 Å². The van der Waals surface area contributed by atoms with E-state index in [1.165, 1.54) is 12.4 Å². The molecule has 0 bridgehead atoms. The second kappa shape index (κ2) is 9.22. The van der Waals surface area contributed by atoms with E-state index in [0.29, 0.717) is 17.2 Å². The van der Waals surface area contributed by atoms with Crippen LogP contribution in [0.1, 0.15) is 11.1 Å². The quantitative estimate of drug-likeness (QED) is 0.593. The van der Waals surface area contributed by atoms with Crippen LogP contribution in [0.15, 0.2) is 60.9 Å². The van der Waals surface area contributed by atoms with Gasteiger partial charge in [-0.05, 0) is 42.0 Å². The number of nitrogens with zero attached hydrogens (tertiary/aromatic N) is 3. The molecule has 6 nitrogen and oxygen atoms in total. The van der Waals surface area contributed by atoms with Crippen LogP contribution in [-0.4, -0.2) is 36.3 Å². The van der Waals surface area contributed by atoms with E-state index >= 15 is 0 Å². The van der Waals surface area contributed by atoms with E-state index in [9.17, 15) is 13.2 Å². The van der Waals surface area contributed by atoms with Gasteiger partial charge < -0.3 is 20.3 Å². The van der Waals surface area contributed by atoms with E-state index in [2.05, 4.69) is 25.5 Å². The van der Waals surface area contributed by atoms with Crippen molar-refractivity contribution in [2.75, 3.05) is 41.8 Å². The molecule has 3 aromatic rings. The molecule has 1 saturated heterocycles. The van der Waals surface area contributed by atoms with Crippen molar-refractivity contribution in [1.82, 2.24) is 9.97 Å². The zero-order valence-electron chi connectivity index (χ0n) is 16.7. The Bertz CT molecular complexity index is 1000. The van der Waals surface area contributed by atoms with Crippen molar-refractivity contribution in [3.8, 4) is 0 Å². The summed E-state index contributed by atoms with van der Waals surface area (Å²) in [4.78, 5) is 10.6. The van der Waals surface area contributed by atoms with Crippen LogP contribution in [0.4, 0.5) is 36.2 Å². The monoisotopic (exact) mass is 429 g/mol. The fraction of sp³-hybridized carbons (Fsp3) is 0.273. The highest BCUT2D eigenvalue weighted by atomic mass is 19.4. The predicted molar refractivity (Wildman–Crippen MR) is 114 cm³/mol. The van der Waals surface area contributed by atoms with Crippen LogP contribution in [0.3, 0.4) is 0 Å². The molecule has 0 atom stereocenters. The zero-order valence-corrected chi connectivity index (χ0v) is 16.7. The SMILES string of the molecule is FC(F)(F)c1cccc(CNc2cc(Nc3ccc(N4CCOCC4)cc3)ncn2)c1. The number of hydrogen-bond acceptors (Lipinski definition) is 6. The fourth-order valence-electron chi connectivity index (χ4n) is 3.30. The van der Waals surface area contributed by atoms with Crippen molar-refractivity contribution in [2.24, 2.45) is 0 Å². The third kappa shape index (κ3) is 5.64. The summed E-state index contributed by atoms with van der Waals surface area (Å²) in [6.45, 7) is 3.43. The second-order valence-corrected chi connectivity index (χ2v) is 7.11. The summed E-state index contributed by atoms with van der Waals surface area (Å²) in [6.07, 6.45) is -2.96. The molecule has 0 saturated carbocycles. The molecule has 0 amide bonds. The highest BCUT2D eigenvalue weighted by Gasteiger charge is 2.30. The lowest BCUT2D eigenvalue weighted by Gasteiger charge is -2.28. The van der Waals surface area contributed by atoms with E-state index in [1.807, 2.05) is 24.3 Å². The molecule has 1 aliphatic rings. The van der Waals surface area contributed by atoms with Crippen molar-refractivity contribution in [1.29, 1.82) is 0 Å². The number of rotatable bonds is 6. The van der Waals surface area contributed by atoms with E-state index in [1.54, 1.807) is 12.1 Å². The van der Waals surface area contributed by atoms with Gasteiger partial charge in [0.05, 0.1) is 18.8 Å². The molecule has 2 heterocycles. The first-order valence-corrected chi connectivity index (χ1v) is 9.89. The molecule has 9 heteroatoms. The molecule has 31 heavy (non-hydrogen) atoms. The molecule has 162 valence electrons. The van der Waals surface area contributed by atoms with Gasteiger partial charge >= 0.3 is 6.18 Å². The van der Waals surface area contributed by atoms with Gasteiger partial charge in [0, 0.05) is 37.1 Å². The van der Waals surface area contributed by atoms with Gasteiger partial charge in [0.1, 0.15) is 18.0 Å². The highest BCUT2D eigenvalue weighted by Crippen LogP contribution is 2.29. The Balaban J connectivity index is 1.37. The van der Waals surface area contributed by atoms with Gasteiger partial charge in [-0.1, -0.05) is 12.1 Å². The van der Waals surface area contributed by atoms with Gasteiger partial charge in [-0.3, -0.25) is 0 Å². The molecule has 1 fully saturated rings. The fourth-order valence-corrected chi connectivity index (χ4v) is 3.30. The van der Waals surface area contributed by atoms with Crippen LogP contribution in [0.5, 0.6) is 0 Å². The van der Waals surface area contributed by atoms with Crippen molar-refractivity contribution >= 4 is 23.0 Å². The Morgan fingerprint density at radius 3 is 2.42 bits per heavy atom. The molecular formula is C22H22F3N5O. The summed E-state index contributed by atoms with van der Waals surface area (Å²) in [5, 5.41) is 6.26. The molecule has 4 rings (SSSR count). The van der Waals surface area contributed by atoms with Crippen LogP contribution < -0.4 is 15.5 Å². The van der Waals surface area contributed by atoms with Crippen molar-refractivity contribution < 1.29 is 17.9 Å². The van der Waals surface area contributed by atoms with Gasteiger partial charge in [-0.15, -0.1) is 0 Å². The number of hydrogen-bond donors (Lipinski definition) is 2. The summed E-state index contributed by atoms with van der Waals surface area (Å²) in [7, 11) is 0. The number of nitrogens with one attached hydrogen (secondary N) is 2. The maximum absolute atomic E-state index is 12.9. The van der Waals surface area contributed by atoms with Gasteiger partial charge in [-0.2, -0.15) is 13.2 Å². The van der Waals surface area contributed by atoms with Gasteiger partial charge in [0.25, 0.3) is 0 Å². The van der Waals surface area contributed by atoms with Crippen molar-refractivity contribution in [2.45, 2.75) is 12.7 Å². The first-order chi connectivity index (χ1) is 15.0. The average Bonchev–Trinajstić information content (AvgIpc) is 2.79. The molecule has 2 N–H and O–H groups in total. The van der Waals surface area contributed by atoms with E-state index in [-0.39, 0.29) is 6.54 Å². The zero-order chi connectivity index (χ0) is 21.7. The van der Waals surface area contributed by atoms with Gasteiger partial charge in [-0.25, -0.2) is 9.97 Å². The topological polar surface area (TPSA) is 62.3 Å². The van der Waals surface area contributed by atoms with E-state index in [0.717, 1.165) is 49.8 Å². The average molecular weight is 429 g/mol. The lowest BCUT2D eigenvalue weighted by molar-refractivity contribution is -0.137. The summed E-state index contributed by atoms with van der Waals surface area (Å²) in [5.41, 5.74) is 1.86. The molecule has 0 unspecified atom stereocenters. The minimum absolute atomic E-state index is 0.217. The number of ether oxygens (including phenoxy) is 1. The van der Waals surface area contributed by atoms with Crippen LogP contribution in [0.25, 0.3) is 0 Å². The molecule has 0 radical (unpaired) electrons. The maximum Gasteiger partial charge on any atom is 0.416 e. The van der Waals surface area contributed by atoms with Crippen LogP contribution >= 0.6 is 0 Å². The summed E-state index contributed by atoms with van der Waals surface area (Å²) in [5.74, 6) is 1.10. The minimum Gasteiger partial charge on any atom is -0.378 e. The van der Waals surface area contributed by atoms with Crippen LogP contribution in [0, 0.1) is 0 Å². The number of morpholine rings is 1. The van der Waals surface area contributed by atoms with Gasteiger partial charge in [0.2, 0.25) is 0 Å². The summed E-state index contributed by atoms with van der Waals surface area (Å²) >= 11 is 0. The molecule has 1 aliphatic heterocycles. The predicted octanol–water partition coefficient (Wildman–Crippen LogP) is 4.69. The first-order valence-electron chi connectivity index (χ1n) is 9.89. The maximum atomic E-state index is 12.9. The Kier molecular flexibility index (Phi) is 6.22. The number of benzene rings is 2. The molecule has 0 aliphatic carbocycles. The Labute approximate surface area is 178 Å². The largest absolute Gasteiger partial charge is 0.416 e. The highest BCUT2D eigenvalue weighted by molar-refractivity contribution is 5.62. The van der Waals surface area contributed by atoms with Crippen molar-refractivity contribution in [3.63, 3.8) is 0 Å². The van der Waals surface area contributed by atoms with E-state index in [4.69, 9.17) is 4.74 Å². The number of aromatic nitrogens is 2. The minimum atomic E-state index is -4.36. The second-order valence-electron chi connectivity index (χ2n) is 7.11. The van der Waals surface area contributed by atoms with Crippen molar-refractivity contribution in [3.05, 3.63) is 72.1 Å². The standard InChI is InChI=1S/C22H22F3N5O/c23-22(24,25)17-3-1-2-16(12-17)14-26-20-13-21(28-15-27-20)29-18-4-6-19(7-5-18)30-8-10-31-11-9-30/h1-7,12-13,15H,8-11,14H2,(H2,26,27,28,29). The lowest BCUT2D eigenvalue weighted by atomic mass is 10.1. The lowest BCUT2D eigenvalue weighted by Crippen LogP contribution is -2.36. The molecule has 1 aromatic heterocycles. The molecule has 0 spiro atoms. The first kappa shape index (κ1) is 20.9. The Morgan fingerprint density at radius 2 is 1.68 bits per heavy atom. The smallest absolute Gasteiger partial charge is 0.378 e. The summed E-state index contributed by atoms with van der Waals surface area (Å²) < 4.78 is 44.0. The molecule has 2 aromatic carbocycles. The van der Waals surface area contributed by atoms with Gasteiger partial charge in [0.15, 0.2) is 0 Å². The normalized spacial score (nSPS) is 14.4. The van der Waals surface area contributed by atoms with Crippen LogP contribution in [-0.2, 0) is 17.5 Å². The third-order valence-corrected chi connectivity index (χ3v) is 4.91. The third-order valence-electron chi connectivity index (χ3n) is 4.91. The number of anilines is 4. The Morgan fingerprint density at radius 1 is 0.935 bits per heavy atom. The summed E-state index contributed by atoms with van der Waals surface area (Å²) in [6, 6.07) is 15.0. The molecular weight excluding hydrogens is 407 g/mol. The van der Waals surface area contributed by atoms with Crippen LogP contribution in [0.2, 0.25) is 0 Å². The Hall–Kier alpha value is -3.33. The number of halogens is 3. The number of alkyl halides is 3.